The fraction of sp³-hybridized carbons (Fsp3) is 0.533. The molecule has 18 heavy (non-hydrogen) atoms. The zero-order chi connectivity index (χ0) is 12.8. The second kappa shape index (κ2) is 4.08. The van der Waals surface area contributed by atoms with E-state index in [4.69, 9.17) is 4.74 Å². The molecule has 1 spiro atoms. The van der Waals surface area contributed by atoms with Gasteiger partial charge in [0.1, 0.15) is 11.9 Å². The van der Waals surface area contributed by atoms with Gasteiger partial charge in [-0.1, -0.05) is 18.9 Å². The predicted octanol–water partition coefficient (Wildman–Crippen LogP) is 3.41. The predicted molar refractivity (Wildman–Crippen MR) is 66.1 cm³/mol. The smallest absolute Gasteiger partial charge is 0.165 e. The largest absolute Gasteiger partial charge is 0.486 e. The molecule has 3 rings (SSSR count). The van der Waals surface area contributed by atoms with E-state index < -0.39 is 0 Å². The highest BCUT2D eigenvalue weighted by Crippen LogP contribution is 2.52. The van der Waals surface area contributed by atoms with Gasteiger partial charge in [0.15, 0.2) is 11.6 Å². The minimum atomic E-state index is -0.340. The van der Waals surface area contributed by atoms with Gasteiger partial charge in [-0.05, 0) is 37.5 Å². The Kier molecular flexibility index (Phi) is 2.65. The Morgan fingerprint density at radius 2 is 2.06 bits per heavy atom. The zero-order valence-electron chi connectivity index (χ0n) is 10.5. The van der Waals surface area contributed by atoms with Gasteiger partial charge < -0.3 is 4.74 Å². The molecule has 2 saturated carbocycles. The Morgan fingerprint density at radius 1 is 1.33 bits per heavy atom. The maximum Gasteiger partial charge on any atom is 0.165 e. The summed E-state index contributed by atoms with van der Waals surface area (Å²) in [5.74, 6) is 0.255. The van der Waals surface area contributed by atoms with E-state index in [1.165, 1.54) is 6.07 Å². The lowest BCUT2D eigenvalue weighted by Crippen LogP contribution is -2.55. The molecular weight excluding hydrogens is 231 g/mol. The number of ketones is 1. The molecular formula is C15H17FO2. The summed E-state index contributed by atoms with van der Waals surface area (Å²) in [6.45, 7) is 1.91. The second-order valence-electron chi connectivity index (χ2n) is 5.53. The van der Waals surface area contributed by atoms with Crippen molar-refractivity contribution in [1.82, 2.24) is 0 Å². The number of rotatable bonds is 2. The third-order valence-corrected chi connectivity index (χ3v) is 4.39. The molecule has 0 heterocycles. The molecule has 0 aromatic heterocycles. The molecule has 0 radical (unpaired) electrons. The highest BCUT2D eigenvalue weighted by Gasteiger charge is 2.57. The second-order valence-corrected chi connectivity index (χ2v) is 5.53. The van der Waals surface area contributed by atoms with Crippen molar-refractivity contribution in [3.8, 4) is 5.75 Å². The Morgan fingerprint density at radius 3 is 2.72 bits per heavy atom. The van der Waals surface area contributed by atoms with Crippen LogP contribution in [0.15, 0.2) is 18.2 Å². The summed E-state index contributed by atoms with van der Waals surface area (Å²) in [6.07, 6.45) is 4.30. The van der Waals surface area contributed by atoms with Gasteiger partial charge >= 0.3 is 0 Å². The van der Waals surface area contributed by atoms with Crippen LogP contribution in [0.1, 0.15) is 37.7 Å². The van der Waals surface area contributed by atoms with Gasteiger partial charge in [-0.3, -0.25) is 4.79 Å². The zero-order valence-corrected chi connectivity index (χ0v) is 10.5. The first-order valence-electron chi connectivity index (χ1n) is 6.58. The summed E-state index contributed by atoms with van der Waals surface area (Å²) < 4.78 is 19.4. The molecule has 1 aromatic rings. The minimum absolute atomic E-state index is 0.121. The molecule has 3 heteroatoms. The van der Waals surface area contributed by atoms with Crippen LogP contribution in [0, 0.1) is 18.2 Å². The van der Waals surface area contributed by atoms with E-state index in [9.17, 15) is 9.18 Å². The maximum atomic E-state index is 13.7. The monoisotopic (exact) mass is 248 g/mol. The number of aryl methyl sites for hydroxylation is 1. The summed E-state index contributed by atoms with van der Waals surface area (Å²) in [7, 11) is 0. The number of hydrogen-bond acceptors (Lipinski definition) is 2. The quantitative estimate of drug-likeness (QED) is 0.801. The molecule has 1 unspecified atom stereocenters. The molecule has 2 aliphatic rings. The van der Waals surface area contributed by atoms with Crippen LogP contribution in [0.2, 0.25) is 0 Å². The van der Waals surface area contributed by atoms with Crippen LogP contribution in [0.4, 0.5) is 4.39 Å². The Labute approximate surface area is 106 Å². The third-order valence-electron chi connectivity index (χ3n) is 4.39. The van der Waals surface area contributed by atoms with Crippen molar-refractivity contribution in [2.24, 2.45) is 5.41 Å². The van der Waals surface area contributed by atoms with E-state index in [-0.39, 0.29) is 17.3 Å². The molecule has 1 atom stereocenters. The summed E-state index contributed by atoms with van der Waals surface area (Å²) in [5, 5.41) is 0. The van der Waals surface area contributed by atoms with Gasteiger partial charge in [0, 0.05) is 6.42 Å². The lowest BCUT2D eigenvalue weighted by molar-refractivity contribution is -0.151. The van der Waals surface area contributed by atoms with Crippen molar-refractivity contribution < 1.29 is 13.9 Å². The lowest BCUT2D eigenvalue weighted by atomic mass is 9.63. The van der Waals surface area contributed by atoms with Gasteiger partial charge in [-0.2, -0.15) is 0 Å². The number of ether oxygens (including phenoxy) is 1. The van der Waals surface area contributed by atoms with E-state index in [0.717, 1.165) is 31.2 Å². The van der Waals surface area contributed by atoms with Crippen LogP contribution in [-0.4, -0.2) is 11.9 Å². The molecule has 2 fully saturated rings. The Bertz CT molecular complexity index is 489. The third kappa shape index (κ3) is 1.64. The van der Waals surface area contributed by atoms with Crippen molar-refractivity contribution in [3.05, 3.63) is 29.6 Å². The molecule has 0 aliphatic heterocycles. The van der Waals surface area contributed by atoms with Gasteiger partial charge in [0.2, 0.25) is 0 Å². The number of carbonyl (C=O) groups excluding carboxylic acids is 1. The number of halogens is 1. The van der Waals surface area contributed by atoms with Crippen molar-refractivity contribution in [3.63, 3.8) is 0 Å². The fourth-order valence-corrected chi connectivity index (χ4v) is 3.23. The fourth-order valence-electron chi connectivity index (χ4n) is 3.23. The number of Topliss-reactive ketones (excluding diaryl/α,β-unsaturated/α-hetero) is 1. The number of benzene rings is 1. The van der Waals surface area contributed by atoms with Gasteiger partial charge in [0.25, 0.3) is 0 Å². The first-order chi connectivity index (χ1) is 8.62. The summed E-state index contributed by atoms with van der Waals surface area (Å²) >= 11 is 0. The van der Waals surface area contributed by atoms with Crippen LogP contribution in [0.3, 0.4) is 0 Å². The average molecular weight is 248 g/mol. The van der Waals surface area contributed by atoms with Crippen molar-refractivity contribution in [2.75, 3.05) is 0 Å². The van der Waals surface area contributed by atoms with Crippen molar-refractivity contribution in [2.45, 2.75) is 45.1 Å². The van der Waals surface area contributed by atoms with Gasteiger partial charge in [-0.15, -0.1) is 0 Å². The van der Waals surface area contributed by atoms with Crippen LogP contribution in [0.25, 0.3) is 0 Å². The summed E-state index contributed by atoms with van der Waals surface area (Å²) in [4.78, 5) is 11.8. The van der Waals surface area contributed by atoms with Gasteiger partial charge in [-0.25, -0.2) is 4.39 Å². The molecule has 2 nitrogen and oxygen atoms in total. The maximum absolute atomic E-state index is 13.7. The topological polar surface area (TPSA) is 26.3 Å². The molecule has 0 N–H and O–H groups in total. The molecule has 0 amide bonds. The molecule has 2 aliphatic carbocycles. The van der Waals surface area contributed by atoms with Crippen LogP contribution in [-0.2, 0) is 4.79 Å². The van der Waals surface area contributed by atoms with E-state index >= 15 is 0 Å². The molecule has 0 bridgehead atoms. The normalized spacial score (nSPS) is 25.2. The number of carbonyl (C=O) groups is 1. The first-order valence-corrected chi connectivity index (χ1v) is 6.58. The van der Waals surface area contributed by atoms with Crippen molar-refractivity contribution >= 4 is 5.78 Å². The van der Waals surface area contributed by atoms with Crippen LogP contribution < -0.4 is 4.74 Å². The van der Waals surface area contributed by atoms with Gasteiger partial charge in [0.05, 0.1) is 5.41 Å². The summed E-state index contributed by atoms with van der Waals surface area (Å²) in [5.41, 5.74) is 0.674. The number of hydrogen-bond donors (Lipinski definition) is 0. The lowest BCUT2D eigenvalue weighted by Gasteiger charge is -2.44. The summed E-state index contributed by atoms with van der Waals surface area (Å²) in [6, 6.07) is 4.85. The van der Waals surface area contributed by atoms with Crippen molar-refractivity contribution in [1.29, 1.82) is 0 Å². The highest BCUT2D eigenvalue weighted by atomic mass is 19.1. The van der Waals surface area contributed by atoms with E-state index in [2.05, 4.69) is 0 Å². The molecule has 96 valence electrons. The van der Waals surface area contributed by atoms with E-state index in [0.29, 0.717) is 18.0 Å². The Balaban J connectivity index is 1.81. The SMILES string of the molecule is Cc1ccc(F)c(OC2CC(=O)C23CCCC3)c1. The van der Waals surface area contributed by atoms with Crippen LogP contribution in [0.5, 0.6) is 5.75 Å². The highest BCUT2D eigenvalue weighted by molar-refractivity contribution is 5.92. The molecule has 1 aromatic carbocycles. The molecule has 0 saturated heterocycles. The standard InChI is InChI=1S/C15H17FO2/c1-10-4-5-11(16)12(8-10)18-14-9-13(17)15(14)6-2-3-7-15/h4-5,8,14H,2-3,6-7,9H2,1H3. The van der Waals surface area contributed by atoms with E-state index in [1.807, 2.05) is 6.92 Å². The average Bonchev–Trinajstić information content (AvgIpc) is 2.85. The first kappa shape index (κ1) is 11.7. The van der Waals surface area contributed by atoms with Crippen LogP contribution >= 0.6 is 0 Å². The Hall–Kier alpha value is -1.38. The van der Waals surface area contributed by atoms with E-state index in [1.54, 1.807) is 12.1 Å². The minimum Gasteiger partial charge on any atom is -0.486 e.